The van der Waals surface area contributed by atoms with E-state index in [1.807, 2.05) is 48.3 Å². The molecule has 0 aliphatic heterocycles. The fraction of sp³-hybridized carbons (Fsp3) is 0.250. The van der Waals surface area contributed by atoms with Gasteiger partial charge in [0.2, 0.25) is 5.91 Å². The van der Waals surface area contributed by atoms with Crippen LogP contribution in [0.5, 0.6) is 0 Å². The summed E-state index contributed by atoms with van der Waals surface area (Å²) in [5.41, 5.74) is 2.02. The number of carbonyl (C=O) groups excluding carboxylic acids is 1. The summed E-state index contributed by atoms with van der Waals surface area (Å²) in [5.74, 6) is -0.0147. The van der Waals surface area contributed by atoms with Crippen LogP contribution in [0.4, 0.5) is 5.69 Å². The Morgan fingerprint density at radius 3 is 2.67 bits per heavy atom. The number of nitrogens with one attached hydrogen (secondary N) is 1. The Kier molecular flexibility index (Phi) is 5.90. The number of pyridine rings is 1. The lowest BCUT2D eigenvalue weighted by Gasteiger charge is -2.16. The summed E-state index contributed by atoms with van der Waals surface area (Å²) in [5, 5.41) is 2.90. The predicted octanol–water partition coefficient (Wildman–Crippen LogP) is 2.96. The molecule has 0 bridgehead atoms. The van der Waals surface area contributed by atoms with Gasteiger partial charge in [-0.05, 0) is 59.2 Å². The average molecular weight is 348 g/mol. The zero-order chi connectivity index (χ0) is 15.1. The number of aromatic nitrogens is 1. The molecule has 0 saturated heterocycles. The molecule has 0 unspecified atom stereocenters. The zero-order valence-corrected chi connectivity index (χ0v) is 13.5. The number of halogens is 1. The quantitative estimate of drug-likeness (QED) is 0.873. The smallest absolute Gasteiger partial charge is 0.238 e. The fourth-order valence-electron chi connectivity index (χ4n) is 1.95. The molecule has 4 nitrogen and oxygen atoms in total. The molecule has 0 aliphatic rings. The number of para-hydroxylation sites is 1. The number of benzene rings is 1. The molecule has 5 heteroatoms. The highest BCUT2D eigenvalue weighted by Crippen LogP contribution is 2.20. The van der Waals surface area contributed by atoms with Gasteiger partial charge in [-0.3, -0.25) is 14.7 Å². The molecule has 0 saturated carbocycles. The van der Waals surface area contributed by atoms with Gasteiger partial charge in [0.05, 0.1) is 12.2 Å². The van der Waals surface area contributed by atoms with E-state index in [0.29, 0.717) is 6.54 Å². The Bertz CT molecular complexity index is 589. The maximum atomic E-state index is 12.0. The maximum absolute atomic E-state index is 12.0. The summed E-state index contributed by atoms with van der Waals surface area (Å²) in [7, 11) is 1.95. The number of rotatable bonds is 6. The third kappa shape index (κ3) is 5.28. The molecular formula is C16H18BrN3O. The Morgan fingerprint density at radius 1 is 1.24 bits per heavy atom. The van der Waals surface area contributed by atoms with E-state index in [0.717, 1.165) is 23.1 Å². The Balaban J connectivity index is 1.78. The van der Waals surface area contributed by atoms with E-state index in [-0.39, 0.29) is 5.91 Å². The topological polar surface area (TPSA) is 45.2 Å². The molecule has 1 heterocycles. The van der Waals surface area contributed by atoms with Crippen LogP contribution in [0.2, 0.25) is 0 Å². The van der Waals surface area contributed by atoms with Crippen LogP contribution in [0.1, 0.15) is 5.56 Å². The molecule has 1 N–H and O–H groups in total. The van der Waals surface area contributed by atoms with Gasteiger partial charge in [-0.2, -0.15) is 0 Å². The Morgan fingerprint density at radius 2 is 1.95 bits per heavy atom. The summed E-state index contributed by atoms with van der Waals surface area (Å²) in [6.45, 7) is 1.19. The van der Waals surface area contributed by atoms with Crippen LogP contribution in [0.15, 0.2) is 53.3 Å². The first-order valence-corrected chi connectivity index (χ1v) is 7.56. The highest BCUT2D eigenvalue weighted by atomic mass is 79.9. The van der Waals surface area contributed by atoms with E-state index >= 15 is 0 Å². The summed E-state index contributed by atoms with van der Waals surface area (Å²) in [6, 6.07) is 11.6. The van der Waals surface area contributed by atoms with E-state index in [9.17, 15) is 4.79 Å². The van der Waals surface area contributed by atoms with Crippen LogP contribution in [-0.4, -0.2) is 35.9 Å². The lowest BCUT2D eigenvalue weighted by molar-refractivity contribution is -0.117. The van der Waals surface area contributed by atoms with Crippen LogP contribution in [0, 0.1) is 0 Å². The number of hydrogen-bond donors (Lipinski definition) is 1. The van der Waals surface area contributed by atoms with Crippen LogP contribution < -0.4 is 5.32 Å². The Hall–Kier alpha value is -1.72. The number of amides is 1. The second-order valence-electron chi connectivity index (χ2n) is 4.87. The molecule has 0 radical (unpaired) electrons. The zero-order valence-electron chi connectivity index (χ0n) is 11.9. The minimum atomic E-state index is -0.0147. The molecule has 0 atom stereocenters. The first-order chi connectivity index (χ1) is 10.1. The van der Waals surface area contributed by atoms with Crippen molar-refractivity contribution >= 4 is 27.5 Å². The second kappa shape index (κ2) is 7.90. The van der Waals surface area contributed by atoms with Gasteiger partial charge < -0.3 is 5.32 Å². The average Bonchev–Trinajstić information content (AvgIpc) is 2.48. The largest absolute Gasteiger partial charge is 0.324 e. The molecule has 2 rings (SSSR count). The second-order valence-corrected chi connectivity index (χ2v) is 5.73. The van der Waals surface area contributed by atoms with Crippen molar-refractivity contribution in [3.8, 4) is 0 Å². The first kappa shape index (κ1) is 15.7. The molecule has 0 fully saturated rings. The summed E-state index contributed by atoms with van der Waals surface area (Å²) in [4.78, 5) is 18.0. The van der Waals surface area contributed by atoms with Gasteiger partial charge in [-0.25, -0.2) is 0 Å². The molecule has 2 aromatic rings. The summed E-state index contributed by atoms with van der Waals surface area (Å²) < 4.78 is 0.887. The van der Waals surface area contributed by atoms with Crippen LogP contribution >= 0.6 is 15.9 Å². The van der Waals surface area contributed by atoms with Gasteiger partial charge in [-0.15, -0.1) is 0 Å². The van der Waals surface area contributed by atoms with Gasteiger partial charge in [0.25, 0.3) is 0 Å². The number of nitrogens with zero attached hydrogens (tertiary/aromatic N) is 2. The first-order valence-electron chi connectivity index (χ1n) is 6.77. The fourth-order valence-corrected chi connectivity index (χ4v) is 2.33. The van der Waals surface area contributed by atoms with Crippen LogP contribution in [-0.2, 0) is 11.2 Å². The van der Waals surface area contributed by atoms with Gasteiger partial charge in [0, 0.05) is 23.4 Å². The molecule has 1 aromatic carbocycles. The van der Waals surface area contributed by atoms with E-state index in [1.54, 1.807) is 12.4 Å². The number of hydrogen-bond acceptors (Lipinski definition) is 3. The van der Waals surface area contributed by atoms with E-state index < -0.39 is 0 Å². The van der Waals surface area contributed by atoms with Crippen LogP contribution in [0.3, 0.4) is 0 Å². The third-order valence-corrected chi connectivity index (χ3v) is 3.78. The number of carbonyl (C=O) groups is 1. The lowest BCUT2D eigenvalue weighted by Crippen LogP contribution is -2.31. The van der Waals surface area contributed by atoms with Crippen molar-refractivity contribution in [2.45, 2.75) is 6.42 Å². The van der Waals surface area contributed by atoms with Gasteiger partial charge in [-0.1, -0.05) is 12.1 Å². The van der Waals surface area contributed by atoms with Crippen molar-refractivity contribution in [1.29, 1.82) is 0 Å². The van der Waals surface area contributed by atoms with Crippen molar-refractivity contribution < 1.29 is 4.79 Å². The van der Waals surface area contributed by atoms with Crippen molar-refractivity contribution in [1.82, 2.24) is 9.88 Å². The van der Waals surface area contributed by atoms with E-state index in [4.69, 9.17) is 0 Å². The van der Waals surface area contributed by atoms with Gasteiger partial charge in [0.1, 0.15) is 0 Å². The van der Waals surface area contributed by atoms with E-state index in [2.05, 4.69) is 26.2 Å². The van der Waals surface area contributed by atoms with Crippen molar-refractivity contribution in [2.24, 2.45) is 0 Å². The molecule has 21 heavy (non-hydrogen) atoms. The molecule has 0 spiro atoms. The molecule has 1 aromatic heterocycles. The lowest BCUT2D eigenvalue weighted by atomic mass is 10.2. The SMILES string of the molecule is CN(CCc1ccncc1)CC(=O)Nc1ccccc1Br. The molecule has 1 amide bonds. The number of anilines is 1. The maximum Gasteiger partial charge on any atom is 0.238 e. The molecular weight excluding hydrogens is 330 g/mol. The van der Waals surface area contributed by atoms with Gasteiger partial charge >= 0.3 is 0 Å². The van der Waals surface area contributed by atoms with Crippen LogP contribution in [0.25, 0.3) is 0 Å². The third-order valence-electron chi connectivity index (χ3n) is 3.09. The molecule has 110 valence electrons. The monoisotopic (exact) mass is 347 g/mol. The Labute approximate surface area is 133 Å². The van der Waals surface area contributed by atoms with Crippen molar-refractivity contribution in [3.05, 3.63) is 58.8 Å². The number of likely N-dealkylation sites (N-methyl/N-ethyl adjacent to an activating group) is 1. The highest BCUT2D eigenvalue weighted by molar-refractivity contribution is 9.10. The summed E-state index contributed by atoms with van der Waals surface area (Å²) >= 11 is 3.42. The minimum absolute atomic E-state index is 0.0147. The standard InChI is InChI=1S/C16H18BrN3O/c1-20(11-8-13-6-9-18-10-7-13)12-16(21)19-15-5-3-2-4-14(15)17/h2-7,9-10H,8,11-12H2,1H3,(H,19,21). The normalized spacial score (nSPS) is 10.6. The van der Waals surface area contributed by atoms with Gasteiger partial charge in [0.15, 0.2) is 0 Å². The predicted molar refractivity (Wildman–Crippen MR) is 88.2 cm³/mol. The molecule has 0 aliphatic carbocycles. The van der Waals surface area contributed by atoms with Crippen molar-refractivity contribution in [2.75, 3.05) is 25.5 Å². The van der Waals surface area contributed by atoms with E-state index in [1.165, 1.54) is 5.56 Å². The van der Waals surface area contributed by atoms with Crippen molar-refractivity contribution in [3.63, 3.8) is 0 Å². The minimum Gasteiger partial charge on any atom is -0.324 e. The summed E-state index contributed by atoms with van der Waals surface area (Å²) in [6.07, 6.45) is 4.48. The highest BCUT2D eigenvalue weighted by Gasteiger charge is 2.08.